The van der Waals surface area contributed by atoms with Crippen LogP contribution < -0.4 is 10.1 Å². The van der Waals surface area contributed by atoms with Crippen LogP contribution in [0.3, 0.4) is 0 Å². The molecule has 110 valence electrons. The van der Waals surface area contributed by atoms with Crippen LogP contribution in [0.1, 0.15) is 18.1 Å². The summed E-state index contributed by atoms with van der Waals surface area (Å²) in [4.78, 5) is 11.0. The lowest BCUT2D eigenvalue weighted by molar-refractivity contribution is -0.118. The number of nitrogens with zero attached hydrogens (tertiary/aromatic N) is 1. The van der Waals surface area contributed by atoms with Crippen LogP contribution in [-0.4, -0.2) is 24.1 Å². The molecule has 1 aromatic carbocycles. The summed E-state index contributed by atoms with van der Waals surface area (Å²) in [6, 6.07) is 8.41. The molecule has 21 heavy (non-hydrogen) atoms. The van der Waals surface area contributed by atoms with Gasteiger partial charge in [0.25, 0.3) is 0 Å². The number of methoxy groups -OCH3 is 1. The molecule has 2 aromatic rings. The topological polar surface area (TPSA) is 43.3 Å². The van der Waals surface area contributed by atoms with E-state index in [4.69, 9.17) is 4.74 Å². The highest BCUT2D eigenvalue weighted by atomic mass is 16.5. The van der Waals surface area contributed by atoms with Crippen molar-refractivity contribution in [2.75, 3.05) is 13.7 Å². The maximum atomic E-state index is 11.0. The van der Waals surface area contributed by atoms with Crippen molar-refractivity contribution in [2.24, 2.45) is 0 Å². The summed E-state index contributed by atoms with van der Waals surface area (Å²) in [7, 11) is 1.72. The number of carbonyl (C=O) groups is 1. The largest absolute Gasteiger partial charge is 0.496 e. The first-order valence-corrected chi connectivity index (χ1v) is 7.29. The quantitative estimate of drug-likeness (QED) is 0.937. The highest BCUT2D eigenvalue weighted by Gasteiger charge is 2.22. The number of hydrogen-bond acceptors (Lipinski definition) is 2. The first-order chi connectivity index (χ1) is 10.2. The fourth-order valence-corrected chi connectivity index (χ4v) is 3.08. The van der Waals surface area contributed by atoms with Gasteiger partial charge in [-0.3, -0.25) is 4.79 Å². The predicted molar refractivity (Wildman–Crippen MR) is 82.5 cm³/mol. The van der Waals surface area contributed by atoms with Gasteiger partial charge in [0.05, 0.1) is 12.8 Å². The molecule has 0 atom stereocenters. The minimum Gasteiger partial charge on any atom is -0.496 e. The van der Waals surface area contributed by atoms with Crippen LogP contribution in [-0.2, 0) is 24.2 Å². The van der Waals surface area contributed by atoms with Gasteiger partial charge in [0, 0.05) is 37.3 Å². The molecular weight excluding hydrogens is 264 g/mol. The Morgan fingerprint density at radius 2 is 2.19 bits per heavy atom. The highest BCUT2D eigenvalue weighted by molar-refractivity contribution is 5.74. The Balaban J connectivity index is 1.95. The predicted octanol–water partition coefficient (Wildman–Crippen LogP) is 2.40. The van der Waals surface area contributed by atoms with Gasteiger partial charge in [0.1, 0.15) is 5.75 Å². The molecule has 0 fully saturated rings. The Labute approximate surface area is 124 Å². The molecule has 0 radical (unpaired) electrons. The summed E-state index contributed by atoms with van der Waals surface area (Å²) in [6.45, 7) is 2.98. The van der Waals surface area contributed by atoms with E-state index in [1.54, 1.807) is 14.0 Å². The Morgan fingerprint density at radius 3 is 2.95 bits per heavy atom. The Kier molecular flexibility index (Phi) is 3.69. The molecule has 1 aliphatic carbocycles. The van der Waals surface area contributed by atoms with Crippen molar-refractivity contribution in [1.82, 2.24) is 9.88 Å². The van der Waals surface area contributed by atoms with Crippen molar-refractivity contribution in [3.05, 3.63) is 41.6 Å². The van der Waals surface area contributed by atoms with Gasteiger partial charge in [-0.05, 0) is 30.5 Å². The van der Waals surface area contributed by atoms with Crippen LogP contribution >= 0.6 is 0 Å². The van der Waals surface area contributed by atoms with Crippen molar-refractivity contribution in [2.45, 2.75) is 26.3 Å². The Morgan fingerprint density at radius 1 is 1.33 bits per heavy atom. The average molecular weight is 284 g/mol. The van der Waals surface area contributed by atoms with E-state index < -0.39 is 0 Å². The zero-order valence-corrected chi connectivity index (χ0v) is 12.5. The second kappa shape index (κ2) is 5.64. The Hall–Kier alpha value is -2.23. The van der Waals surface area contributed by atoms with Crippen LogP contribution in [0.25, 0.3) is 11.3 Å². The number of carbonyl (C=O) groups excluding carboxylic acids is 1. The molecule has 1 amide bonds. The van der Waals surface area contributed by atoms with Crippen LogP contribution in [0.15, 0.2) is 30.5 Å². The second-order valence-electron chi connectivity index (χ2n) is 5.35. The van der Waals surface area contributed by atoms with E-state index in [1.807, 2.05) is 12.1 Å². The van der Waals surface area contributed by atoms with Gasteiger partial charge in [-0.2, -0.15) is 0 Å². The van der Waals surface area contributed by atoms with Crippen LogP contribution in [0.2, 0.25) is 0 Å². The molecule has 4 heteroatoms. The standard InChI is InChI=1S/C17H20N2O2/c1-12(20)18-9-11-19-10-8-13-6-7-14-15(17(13)19)4-3-5-16(14)21-2/h3-5,8,10H,6-7,9,11H2,1-2H3,(H,18,20). The normalized spacial score (nSPS) is 12.5. The van der Waals surface area contributed by atoms with Crippen LogP contribution in [0, 0.1) is 0 Å². The number of aryl methyl sites for hydroxylation is 1. The van der Waals surface area contributed by atoms with Gasteiger partial charge in [0.15, 0.2) is 0 Å². The molecule has 0 saturated carbocycles. The summed E-state index contributed by atoms with van der Waals surface area (Å²) in [5.41, 5.74) is 5.18. The number of aromatic nitrogens is 1. The summed E-state index contributed by atoms with van der Waals surface area (Å²) in [6.07, 6.45) is 4.17. The van der Waals surface area contributed by atoms with E-state index in [-0.39, 0.29) is 5.91 Å². The van der Waals surface area contributed by atoms with E-state index in [0.717, 1.165) is 25.1 Å². The van der Waals surface area contributed by atoms with E-state index in [1.165, 1.54) is 22.4 Å². The summed E-state index contributed by atoms with van der Waals surface area (Å²) in [5.74, 6) is 0.978. The lowest BCUT2D eigenvalue weighted by Gasteiger charge is -2.21. The van der Waals surface area contributed by atoms with Crippen molar-refractivity contribution in [3.8, 4) is 17.0 Å². The molecule has 0 unspecified atom stereocenters. The number of amides is 1. The number of fused-ring (bicyclic) bond motifs is 3. The molecule has 3 rings (SSSR count). The molecule has 0 spiro atoms. The average Bonchev–Trinajstić information content (AvgIpc) is 2.90. The number of benzene rings is 1. The van der Waals surface area contributed by atoms with Crippen molar-refractivity contribution in [3.63, 3.8) is 0 Å². The maximum Gasteiger partial charge on any atom is 0.216 e. The number of rotatable bonds is 4. The first-order valence-electron chi connectivity index (χ1n) is 7.29. The van der Waals surface area contributed by atoms with Gasteiger partial charge in [-0.25, -0.2) is 0 Å². The van der Waals surface area contributed by atoms with E-state index in [9.17, 15) is 4.79 Å². The van der Waals surface area contributed by atoms with Gasteiger partial charge in [-0.1, -0.05) is 12.1 Å². The minimum atomic E-state index is 0.0121. The molecular formula is C17H20N2O2. The molecule has 1 heterocycles. The molecule has 1 aromatic heterocycles. The molecule has 1 aliphatic rings. The third kappa shape index (κ3) is 2.53. The summed E-state index contributed by atoms with van der Waals surface area (Å²) in [5, 5.41) is 2.85. The first kappa shape index (κ1) is 13.7. The fourth-order valence-electron chi connectivity index (χ4n) is 3.08. The fraction of sp³-hybridized carbons (Fsp3) is 0.353. The zero-order chi connectivity index (χ0) is 14.8. The molecule has 1 N–H and O–H groups in total. The second-order valence-corrected chi connectivity index (χ2v) is 5.35. The lowest BCUT2D eigenvalue weighted by Crippen LogP contribution is -2.24. The Bertz CT molecular complexity index is 673. The summed E-state index contributed by atoms with van der Waals surface area (Å²) < 4.78 is 7.72. The van der Waals surface area contributed by atoms with Crippen molar-refractivity contribution in [1.29, 1.82) is 0 Å². The van der Waals surface area contributed by atoms with Crippen molar-refractivity contribution >= 4 is 5.91 Å². The van der Waals surface area contributed by atoms with Crippen LogP contribution in [0.5, 0.6) is 5.75 Å². The van der Waals surface area contributed by atoms with Gasteiger partial charge >= 0.3 is 0 Å². The smallest absolute Gasteiger partial charge is 0.216 e. The molecule has 0 bridgehead atoms. The van der Waals surface area contributed by atoms with Gasteiger partial charge in [0.2, 0.25) is 5.91 Å². The number of ether oxygens (including phenoxy) is 1. The van der Waals surface area contributed by atoms with Gasteiger partial charge in [-0.15, -0.1) is 0 Å². The number of hydrogen-bond donors (Lipinski definition) is 1. The molecule has 0 saturated heterocycles. The third-order valence-corrected chi connectivity index (χ3v) is 4.03. The van der Waals surface area contributed by atoms with Gasteiger partial charge < -0.3 is 14.6 Å². The third-order valence-electron chi connectivity index (χ3n) is 4.03. The van der Waals surface area contributed by atoms with E-state index in [2.05, 4.69) is 28.2 Å². The minimum absolute atomic E-state index is 0.0121. The maximum absolute atomic E-state index is 11.0. The van der Waals surface area contributed by atoms with Crippen LogP contribution in [0.4, 0.5) is 0 Å². The lowest BCUT2D eigenvalue weighted by atomic mass is 9.89. The SMILES string of the molecule is COc1cccc2c1CCc1ccn(CCNC(C)=O)c1-2. The monoisotopic (exact) mass is 284 g/mol. The summed E-state index contributed by atoms with van der Waals surface area (Å²) >= 11 is 0. The van der Waals surface area contributed by atoms with E-state index in [0.29, 0.717) is 6.54 Å². The van der Waals surface area contributed by atoms with E-state index >= 15 is 0 Å². The van der Waals surface area contributed by atoms with Crippen molar-refractivity contribution < 1.29 is 9.53 Å². The highest BCUT2D eigenvalue weighted by Crippen LogP contribution is 2.38. The molecule has 4 nitrogen and oxygen atoms in total. The molecule has 0 aliphatic heterocycles. The number of nitrogens with one attached hydrogen (secondary N) is 1. The zero-order valence-electron chi connectivity index (χ0n) is 12.5.